The van der Waals surface area contributed by atoms with E-state index in [9.17, 15) is 9.59 Å². The van der Waals surface area contributed by atoms with Crippen LogP contribution >= 0.6 is 0 Å². The second kappa shape index (κ2) is 9.02. The number of hydrogen-bond donors (Lipinski definition) is 0. The molecule has 0 aromatic carbocycles. The summed E-state index contributed by atoms with van der Waals surface area (Å²) in [7, 11) is 0. The Bertz CT molecular complexity index is 715. The summed E-state index contributed by atoms with van der Waals surface area (Å²) in [6.07, 6.45) is 19.9. The van der Waals surface area contributed by atoms with E-state index in [1.54, 1.807) is 0 Å². The molecule has 0 N–H and O–H groups in total. The second-order valence-corrected chi connectivity index (χ2v) is 9.65. The first-order valence-corrected chi connectivity index (χ1v) is 11.9. The third kappa shape index (κ3) is 4.29. The van der Waals surface area contributed by atoms with Gasteiger partial charge < -0.3 is 4.74 Å². The highest BCUT2D eigenvalue weighted by atomic mass is 16.5. The third-order valence-electron chi connectivity index (χ3n) is 7.74. The zero-order valence-corrected chi connectivity index (χ0v) is 18.0. The van der Waals surface area contributed by atoms with Crippen molar-refractivity contribution in [1.82, 2.24) is 0 Å². The lowest BCUT2D eigenvalue weighted by molar-refractivity contribution is -0.148. The minimum Gasteiger partial charge on any atom is -0.458 e. The van der Waals surface area contributed by atoms with Gasteiger partial charge in [0.2, 0.25) is 0 Å². The Hall–Kier alpha value is -1.64. The van der Waals surface area contributed by atoms with E-state index in [2.05, 4.69) is 44.2 Å². The molecule has 4 rings (SSSR count). The maximum absolute atomic E-state index is 13.3. The Labute approximate surface area is 175 Å². The molecule has 3 heteroatoms. The Kier molecular flexibility index (Phi) is 6.41. The maximum atomic E-state index is 13.3. The van der Waals surface area contributed by atoms with Crippen LogP contribution in [0.4, 0.5) is 0 Å². The summed E-state index contributed by atoms with van der Waals surface area (Å²) in [5.41, 5.74) is 0.933. The molecule has 0 amide bonds. The first-order chi connectivity index (χ1) is 14.1. The topological polar surface area (TPSA) is 43.4 Å². The van der Waals surface area contributed by atoms with Gasteiger partial charge in [0.05, 0.1) is 6.42 Å². The molecule has 0 aromatic heterocycles. The second-order valence-electron chi connectivity index (χ2n) is 9.65. The Balaban J connectivity index is 1.60. The zero-order valence-electron chi connectivity index (χ0n) is 18.0. The SMILES string of the molecule is CC/C=C/[C@H]1CCCC[C@@H](C)C(=O)C2=CC3C4CCCC4C=C[C@H]3C2CC(=O)O1. The highest BCUT2D eigenvalue weighted by Gasteiger charge is 2.47. The number of rotatable bonds is 2. The smallest absolute Gasteiger partial charge is 0.307 e. The number of esters is 1. The summed E-state index contributed by atoms with van der Waals surface area (Å²) in [4.78, 5) is 26.2. The summed E-state index contributed by atoms with van der Waals surface area (Å²) < 4.78 is 5.87. The predicted octanol–water partition coefficient (Wildman–Crippen LogP) is 5.81. The molecule has 2 fully saturated rings. The van der Waals surface area contributed by atoms with Gasteiger partial charge in [-0.25, -0.2) is 0 Å². The number of cyclic esters (lactones) is 1. The van der Waals surface area contributed by atoms with Crippen molar-refractivity contribution in [3.8, 4) is 0 Å². The van der Waals surface area contributed by atoms with Gasteiger partial charge in [0, 0.05) is 11.8 Å². The van der Waals surface area contributed by atoms with Gasteiger partial charge in [-0.1, -0.05) is 51.0 Å². The maximum Gasteiger partial charge on any atom is 0.307 e. The van der Waals surface area contributed by atoms with E-state index in [0.29, 0.717) is 30.1 Å². The molecule has 1 aliphatic heterocycles. The number of Topliss-reactive ketones (excluding diaryl/α,β-unsaturated/α-hetero) is 1. The highest BCUT2D eigenvalue weighted by Crippen LogP contribution is 2.53. The summed E-state index contributed by atoms with van der Waals surface area (Å²) in [5, 5.41) is 0. The molecule has 0 spiro atoms. The van der Waals surface area contributed by atoms with Crippen LogP contribution in [-0.2, 0) is 14.3 Å². The summed E-state index contributed by atoms with van der Waals surface area (Å²) in [5.74, 6) is 2.22. The fraction of sp³-hybridized carbons (Fsp3) is 0.692. The number of carbonyl (C=O) groups excluding carboxylic acids is 2. The zero-order chi connectivity index (χ0) is 20.4. The summed E-state index contributed by atoms with van der Waals surface area (Å²) in [6, 6.07) is 0. The fourth-order valence-electron chi connectivity index (χ4n) is 6.20. The van der Waals surface area contributed by atoms with Gasteiger partial charge in [0.15, 0.2) is 5.78 Å². The molecule has 29 heavy (non-hydrogen) atoms. The van der Waals surface area contributed by atoms with Crippen LogP contribution in [0.5, 0.6) is 0 Å². The predicted molar refractivity (Wildman–Crippen MR) is 115 cm³/mol. The molecule has 4 aliphatic rings. The van der Waals surface area contributed by atoms with E-state index in [1.165, 1.54) is 19.3 Å². The van der Waals surface area contributed by atoms with Crippen LogP contribution < -0.4 is 0 Å². The van der Waals surface area contributed by atoms with Gasteiger partial charge in [-0.3, -0.25) is 9.59 Å². The van der Waals surface area contributed by atoms with Gasteiger partial charge in [0.1, 0.15) is 6.10 Å². The number of fused-ring (bicyclic) bond motifs is 5. The van der Waals surface area contributed by atoms with E-state index < -0.39 is 0 Å². The standard InChI is InChI=1S/C26H36O3/c1-3-4-10-19-11-6-5-8-17(2)26(28)24-15-22-20-12-7-9-18(20)13-14-21(22)23(24)16-25(27)29-19/h4,10,13-15,17-23H,3,5-9,11-12,16H2,1-2H3/b10-4+/t17-,18?,19+,20?,21-,22?,23?/m1/s1. The van der Waals surface area contributed by atoms with Crippen LogP contribution in [0.1, 0.15) is 71.6 Å². The van der Waals surface area contributed by atoms with Gasteiger partial charge >= 0.3 is 5.97 Å². The first-order valence-electron chi connectivity index (χ1n) is 11.9. The van der Waals surface area contributed by atoms with Crippen molar-refractivity contribution >= 4 is 11.8 Å². The van der Waals surface area contributed by atoms with Crippen LogP contribution in [0.3, 0.4) is 0 Å². The number of allylic oxidation sites excluding steroid dienone is 5. The molecule has 7 atom stereocenters. The van der Waals surface area contributed by atoms with E-state index in [0.717, 1.165) is 37.7 Å². The summed E-state index contributed by atoms with van der Waals surface area (Å²) >= 11 is 0. The molecule has 0 bridgehead atoms. The van der Waals surface area contributed by atoms with Crippen LogP contribution in [0.25, 0.3) is 0 Å². The minimum atomic E-state index is -0.143. The quantitative estimate of drug-likeness (QED) is 0.437. The van der Waals surface area contributed by atoms with Crippen molar-refractivity contribution < 1.29 is 14.3 Å². The third-order valence-corrected chi connectivity index (χ3v) is 7.74. The Morgan fingerprint density at radius 2 is 1.86 bits per heavy atom. The lowest BCUT2D eigenvalue weighted by Crippen LogP contribution is -2.31. The molecule has 0 radical (unpaired) electrons. The normalized spacial score (nSPS) is 40.5. The molecular weight excluding hydrogens is 360 g/mol. The van der Waals surface area contributed by atoms with Crippen LogP contribution in [0.15, 0.2) is 36.0 Å². The Morgan fingerprint density at radius 3 is 2.69 bits per heavy atom. The van der Waals surface area contributed by atoms with Crippen molar-refractivity contribution in [1.29, 1.82) is 0 Å². The molecule has 1 heterocycles. The van der Waals surface area contributed by atoms with Crippen molar-refractivity contribution in [2.45, 2.75) is 77.7 Å². The first kappa shape index (κ1) is 20.6. The van der Waals surface area contributed by atoms with Crippen molar-refractivity contribution in [2.24, 2.45) is 35.5 Å². The van der Waals surface area contributed by atoms with E-state index >= 15 is 0 Å². The average Bonchev–Trinajstić information content (AvgIpc) is 3.32. The largest absolute Gasteiger partial charge is 0.458 e. The summed E-state index contributed by atoms with van der Waals surface area (Å²) in [6.45, 7) is 4.18. The number of ether oxygens (including phenoxy) is 1. The van der Waals surface area contributed by atoms with Crippen LogP contribution in [0, 0.1) is 35.5 Å². The molecule has 0 aromatic rings. The average molecular weight is 397 g/mol. The van der Waals surface area contributed by atoms with E-state index in [1.807, 2.05) is 0 Å². The molecular formula is C26H36O3. The number of ketones is 1. The van der Waals surface area contributed by atoms with E-state index in [4.69, 9.17) is 4.74 Å². The van der Waals surface area contributed by atoms with Crippen molar-refractivity contribution in [3.63, 3.8) is 0 Å². The van der Waals surface area contributed by atoms with Gasteiger partial charge in [-0.15, -0.1) is 0 Å². The van der Waals surface area contributed by atoms with Gasteiger partial charge in [-0.2, -0.15) is 0 Å². The van der Waals surface area contributed by atoms with E-state index in [-0.39, 0.29) is 29.7 Å². The minimum absolute atomic E-state index is 0.00418. The molecule has 1 saturated heterocycles. The molecule has 158 valence electrons. The van der Waals surface area contributed by atoms with Gasteiger partial charge in [0.25, 0.3) is 0 Å². The lowest BCUT2D eigenvalue weighted by atomic mass is 9.70. The Morgan fingerprint density at radius 1 is 1.03 bits per heavy atom. The number of carbonyl (C=O) groups is 2. The molecule has 3 nitrogen and oxygen atoms in total. The molecule has 3 aliphatic carbocycles. The molecule has 4 unspecified atom stereocenters. The van der Waals surface area contributed by atoms with Crippen LogP contribution in [-0.4, -0.2) is 17.9 Å². The van der Waals surface area contributed by atoms with Crippen molar-refractivity contribution in [3.05, 3.63) is 36.0 Å². The molecule has 1 saturated carbocycles. The lowest BCUT2D eigenvalue weighted by Gasteiger charge is -2.34. The monoisotopic (exact) mass is 396 g/mol. The highest BCUT2D eigenvalue weighted by molar-refractivity contribution is 5.98. The van der Waals surface area contributed by atoms with Gasteiger partial charge in [-0.05, 0) is 73.8 Å². The van der Waals surface area contributed by atoms with Crippen molar-refractivity contribution in [2.75, 3.05) is 0 Å². The number of hydrogen-bond acceptors (Lipinski definition) is 3. The van der Waals surface area contributed by atoms with Crippen LogP contribution in [0.2, 0.25) is 0 Å². The fourth-order valence-corrected chi connectivity index (χ4v) is 6.20.